The van der Waals surface area contributed by atoms with Crippen LogP contribution in [0.25, 0.3) is 11.0 Å². The quantitative estimate of drug-likeness (QED) is 0.580. The van der Waals surface area contributed by atoms with Gasteiger partial charge in [0.2, 0.25) is 0 Å². The van der Waals surface area contributed by atoms with Crippen LogP contribution in [-0.2, 0) is 12.8 Å². The van der Waals surface area contributed by atoms with Crippen LogP contribution in [0.15, 0.2) is 24.5 Å². The van der Waals surface area contributed by atoms with Crippen LogP contribution < -0.4 is 0 Å². The highest BCUT2D eigenvalue weighted by Gasteiger charge is 2.13. The summed E-state index contributed by atoms with van der Waals surface area (Å²) in [6.07, 6.45) is 5.91. The van der Waals surface area contributed by atoms with E-state index in [4.69, 9.17) is 0 Å². The van der Waals surface area contributed by atoms with Gasteiger partial charge in [-0.1, -0.05) is 0 Å². The zero-order valence-electron chi connectivity index (χ0n) is 6.62. The number of benzene rings is 1. The number of hydrogen-bond acceptors (Lipinski definition) is 2. The molecule has 1 heterocycles. The van der Waals surface area contributed by atoms with Crippen LogP contribution in [0.3, 0.4) is 0 Å². The number of hydrogen-bond donors (Lipinski definition) is 0. The van der Waals surface area contributed by atoms with Crippen LogP contribution in [0.1, 0.15) is 11.1 Å². The van der Waals surface area contributed by atoms with E-state index in [1.807, 2.05) is 0 Å². The van der Waals surface area contributed by atoms with Gasteiger partial charge < -0.3 is 0 Å². The molecule has 1 aromatic carbocycles. The van der Waals surface area contributed by atoms with E-state index in [1.165, 1.54) is 24.0 Å². The molecule has 2 heteroatoms. The molecule has 0 N–H and O–H groups in total. The van der Waals surface area contributed by atoms with Crippen molar-refractivity contribution in [3.63, 3.8) is 0 Å². The Kier molecular flexibility index (Phi) is 1.04. The molecular weight excluding hydrogens is 148 g/mol. The molecule has 0 atom stereocenters. The molecule has 1 aliphatic carbocycles. The lowest BCUT2D eigenvalue weighted by molar-refractivity contribution is 0.842. The first kappa shape index (κ1) is 6.12. The number of rotatable bonds is 0. The maximum atomic E-state index is 4.25. The Bertz CT molecular complexity index is 406. The number of nitrogens with zero attached hydrogens (tertiary/aromatic N) is 2. The maximum Gasteiger partial charge on any atom is 0.0889 e. The molecule has 2 aromatic rings. The van der Waals surface area contributed by atoms with Gasteiger partial charge in [0.05, 0.1) is 11.0 Å². The van der Waals surface area contributed by atoms with Crippen molar-refractivity contribution in [1.82, 2.24) is 9.97 Å². The average Bonchev–Trinajstić information content (AvgIpc) is 2.09. The highest BCUT2D eigenvalue weighted by Crippen LogP contribution is 2.25. The number of aryl methyl sites for hydroxylation is 2. The summed E-state index contributed by atoms with van der Waals surface area (Å²) in [4.78, 5) is 8.51. The second kappa shape index (κ2) is 2.03. The average molecular weight is 156 g/mol. The van der Waals surface area contributed by atoms with Crippen molar-refractivity contribution in [3.8, 4) is 0 Å². The van der Waals surface area contributed by atoms with E-state index in [0.29, 0.717) is 0 Å². The summed E-state index contributed by atoms with van der Waals surface area (Å²) in [7, 11) is 0. The smallest absolute Gasteiger partial charge is 0.0889 e. The van der Waals surface area contributed by atoms with Crippen molar-refractivity contribution in [3.05, 3.63) is 35.7 Å². The summed E-state index contributed by atoms with van der Waals surface area (Å²) in [5.74, 6) is 0. The normalized spacial score (nSPS) is 14.0. The van der Waals surface area contributed by atoms with Crippen molar-refractivity contribution < 1.29 is 0 Å². The summed E-state index contributed by atoms with van der Waals surface area (Å²) >= 11 is 0. The first-order valence-corrected chi connectivity index (χ1v) is 4.16. The third-order valence-electron chi connectivity index (χ3n) is 2.45. The monoisotopic (exact) mass is 156 g/mol. The minimum atomic E-state index is 1.02. The molecule has 0 bridgehead atoms. The van der Waals surface area contributed by atoms with Crippen molar-refractivity contribution in [2.75, 3.05) is 0 Å². The summed E-state index contributed by atoms with van der Waals surface area (Å²) in [5.41, 5.74) is 4.94. The highest BCUT2D eigenvalue weighted by atomic mass is 14.8. The minimum Gasteiger partial charge on any atom is -0.253 e. The predicted molar refractivity (Wildman–Crippen MR) is 46.9 cm³/mol. The second-order valence-corrected chi connectivity index (χ2v) is 3.17. The zero-order valence-corrected chi connectivity index (χ0v) is 6.62. The summed E-state index contributed by atoms with van der Waals surface area (Å²) in [5, 5.41) is 0. The second-order valence-electron chi connectivity index (χ2n) is 3.17. The van der Waals surface area contributed by atoms with Crippen molar-refractivity contribution >= 4 is 11.0 Å². The van der Waals surface area contributed by atoms with Gasteiger partial charge in [0, 0.05) is 12.4 Å². The lowest BCUT2D eigenvalue weighted by Gasteiger charge is -2.18. The van der Waals surface area contributed by atoms with Crippen molar-refractivity contribution in [2.24, 2.45) is 0 Å². The first-order valence-electron chi connectivity index (χ1n) is 4.16. The van der Waals surface area contributed by atoms with E-state index in [0.717, 1.165) is 11.0 Å². The van der Waals surface area contributed by atoms with E-state index in [1.54, 1.807) is 12.4 Å². The summed E-state index contributed by atoms with van der Waals surface area (Å²) < 4.78 is 0. The van der Waals surface area contributed by atoms with E-state index >= 15 is 0 Å². The first-order chi connectivity index (χ1) is 5.93. The molecule has 1 aliphatic rings. The molecule has 1 aromatic heterocycles. The van der Waals surface area contributed by atoms with Crippen LogP contribution in [0.4, 0.5) is 0 Å². The molecule has 12 heavy (non-hydrogen) atoms. The lowest BCUT2D eigenvalue weighted by Crippen LogP contribution is -2.07. The Labute approximate surface area is 70.3 Å². The molecule has 0 aliphatic heterocycles. The number of aromatic nitrogens is 2. The topological polar surface area (TPSA) is 25.8 Å². The minimum absolute atomic E-state index is 1.02. The van der Waals surface area contributed by atoms with Gasteiger partial charge >= 0.3 is 0 Å². The van der Waals surface area contributed by atoms with E-state index in [9.17, 15) is 0 Å². The SMILES string of the molecule is c1cnc2cc3c(cc2n1)CC3. The van der Waals surface area contributed by atoms with Crippen LogP contribution in [0.2, 0.25) is 0 Å². The Balaban J connectivity index is 2.43. The molecule has 0 amide bonds. The van der Waals surface area contributed by atoms with Crippen LogP contribution in [0.5, 0.6) is 0 Å². The molecule has 0 fully saturated rings. The zero-order chi connectivity index (χ0) is 7.97. The maximum absolute atomic E-state index is 4.25. The van der Waals surface area contributed by atoms with E-state index < -0.39 is 0 Å². The molecule has 2 nitrogen and oxygen atoms in total. The van der Waals surface area contributed by atoms with E-state index in [2.05, 4.69) is 22.1 Å². The van der Waals surface area contributed by atoms with Gasteiger partial charge in [-0.15, -0.1) is 0 Å². The molecule has 3 rings (SSSR count). The Morgan fingerprint density at radius 1 is 0.833 bits per heavy atom. The molecule has 0 spiro atoms. The molecular formula is C10H8N2. The van der Waals surface area contributed by atoms with Gasteiger partial charge in [0.15, 0.2) is 0 Å². The Morgan fingerprint density at radius 3 is 1.75 bits per heavy atom. The largest absolute Gasteiger partial charge is 0.253 e. The van der Waals surface area contributed by atoms with Crippen LogP contribution in [-0.4, -0.2) is 9.97 Å². The fourth-order valence-corrected chi connectivity index (χ4v) is 1.66. The van der Waals surface area contributed by atoms with Crippen LogP contribution >= 0.6 is 0 Å². The predicted octanol–water partition coefficient (Wildman–Crippen LogP) is 1.73. The van der Waals surface area contributed by atoms with Crippen molar-refractivity contribution in [1.29, 1.82) is 0 Å². The standard InChI is InChI=1S/C10H8N2/c1-2-8-6-10-9(5-7(1)8)11-3-4-12-10/h3-6H,1-2H2. The Hall–Kier alpha value is -1.44. The van der Waals surface area contributed by atoms with Gasteiger partial charge in [-0.25, -0.2) is 0 Å². The third-order valence-corrected chi connectivity index (χ3v) is 2.45. The molecule has 0 saturated heterocycles. The Morgan fingerprint density at radius 2 is 1.33 bits per heavy atom. The van der Waals surface area contributed by atoms with Gasteiger partial charge in [-0.05, 0) is 36.1 Å². The molecule has 58 valence electrons. The van der Waals surface area contributed by atoms with Crippen LogP contribution in [0, 0.1) is 0 Å². The summed E-state index contributed by atoms with van der Waals surface area (Å²) in [6.45, 7) is 0. The number of fused-ring (bicyclic) bond motifs is 2. The summed E-state index contributed by atoms with van der Waals surface area (Å²) in [6, 6.07) is 4.31. The van der Waals surface area contributed by atoms with Gasteiger partial charge in [0.1, 0.15) is 0 Å². The molecule has 0 saturated carbocycles. The van der Waals surface area contributed by atoms with E-state index in [-0.39, 0.29) is 0 Å². The molecule has 0 unspecified atom stereocenters. The fourth-order valence-electron chi connectivity index (χ4n) is 1.66. The third kappa shape index (κ3) is 0.694. The fraction of sp³-hybridized carbons (Fsp3) is 0.200. The van der Waals surface area contributed by atoms with Gasteiger partial charge in [-0.3, -0.25) is 9.97 Å². The lowest BCUT2D eigenvalue weighted by atomic mass is 9.88. The highest BCUT2D eigenvalue weighted by molar-refractivity contribution is 5.76. The van der Waals surface area contributed by atoms with Gasteiger partial charge in [-0.2, -0.15) is 0 Å². The van der Waals surface area contributed by atoms with Crippen molar-refractivity contribution in [2.45, 2.75) is 12.8 Å². The van der Waals surface area contributed by atoms with Gasteiger partial charge in [0.25, 0.3) is 0 Å². The molecule has 0 radical (unpaired) electrons.